The Morgan fingerprint density at radius 2 is 2.10 bits per heavy atom. The molecule has 0 bridgehead atoms. The van der Waals surface area contributed by atoms with Gasteiger partial charge in [-0.3, -0.25) is 0 Å². The van der Waals surface area contributed by atoms with Crippen molar-refractivity contribution in [1.29, 1.82) is 0 Å². The lowest BCUT2D eigenvalue weighted by atomic mass is 10.2. The van der Waals surface area contributed by atoms with Gasteiger partial charge in [-0.05, 0) is 40.4 Å². The van der Waals surface area contributed by atoms with E-state index in [0.717, 1.165) is 6.07 Å². The fourth-order valence-electron chi connectivity index (χ4n) is 1.68. The van der Waals surface area contributed by atoms with Gasteiger partial charge in [0.2, 0.25) is 0 Å². The first-order chi connectivity index (χ1) is 9.93. The number of hydrogen-bond donors (Lipinski definition) is 1. The van der Waals surface area contributed by atoms with Gasteiger partial charge in [0.05, 0.1) is 9.50 Å². The molecule has 0 fully saturated rings. The van der Waals surface area contributed by atoms with Crippen molar-refractivity contribution in [2.75, 3.05) is 6.26 Å². The first-order valence-electron chi connectivity index (χ1n) is 5.66. The zero-order valence-electron chi connectivity index (χ0n) is 10.7. The number of carbonyl (C=O) groups is 1. The molecule has 0 aromatic heterocycles. The highest BCUT2D eigenvalue weighted by Crippen LogP contribution is 2.37. The second-order valence-electron chi connectivity index (χ2n) is 3.94. The molecule has 0 saturated carbocycles. The van der Waals surface area contributed by atoms with Crippen LogP contribution in [0.25, 0.3) is 0 Å². The van der Waals surface area contributed by atoms with E-state index in [1.54, 1.807) is 18.4 Å². The molecule has 0 atom stereocenters. The van der Waals surface area contributed by atoms with Crippen LogP contribution in [-0.4, -0.2) is 17.3 Å². The van der Waals surface area contributed by atoms with Crippen molar-refractivity contribution >= 4 is 45.3 Å². The Labute approximate surface area is 138 Å². The molecule has 0 amide bonds. The first-order valence-corrected chi connectivity index (χ1v) is 8.06. The van der Waals surface area contributed by atoms with E-state index < -0.39 is 11.8 Å². The number of thioether (sulfide) groups is 1. The number of carboxylic acids is 1. The van der Waals surface area contributed by atoms with Crippen LogP contribution in [0.3, 0.4) is 0 Å². The van der Waals surface area contributed by atoms with E-state index in [2.05, 4.69) is 15.9 Å². The summed E-state index contributed by atoms with van der Waals surface area (Å²) in [5.74, 6) is -1.47. The molecule has 2 rings (SSSR count). The van der Waals surface area contributed by atoms with Crippen LogP contribution in [0.15, 0.2) is 39.7 Å². The van der Waals surface area contributed by atoms with Crippen LogP contribution in [0.1, 0.15) is 10.4 Å². The van der Waals surface area contributed by atoms with Gasteiger partial charge in [0.15, 0.2) is 0 Å². The Kier molecular flexibility index (Phi) is 5.13. The van der Waals surface area contributed by atoms with Crippen molar-refractivity contribution in [3.63, 3.8) is 0 Å². The molecule has 0 aliphatic rings. The molecular weight excluding hydrogens is 383 g/mol. The van der Waals surface area contributed by atoms with Crippen LogP contribution >= 0.6 is 39.3 Å². The second-order valence-corrected chi connectivity index (χ2v) is 6.05. The molecule has 1 N–H and O–H groups in total. The molecular formula is C14H9BrClFO3S. The lowest BCUT2D eigenvalue weighted by Crippen LogP contribution is -2.02. The highest BCUT2D eigenvalue weighted by Gasteiger charge is 2.18. The lowest BCUT2D eigenvalue weighted by molar-refractivity contribution is 0.0690. The Morgan fingerprint density at radius 1 is 1.38 bits per heavy atom. The van der Waals surface area contributed by atoms with Crippen LogP contribution in [0.5, 0.6) is 11.5 Å². The highest BCUT2D eigenvalue weighted by molar-refractivity contribution is 9.10. The van der Waals surface area contributed by atoms with E-state index in [-0.39, 0.29) is 22.1 Å². The van der Waals surface area contributed by atoms with Gasteiger partial charge in [0.25, 0.3) is 0 Å². The zero-order chi connectivity index (χ0) is 15.6. The summed E-state index contributed by atoms with van der Waals surface area (Å²) in [6, 6.07) is 7.32. The largest absolute Gasteiger partial charge is 0.478 e. The smallest absolute Gasteiger partial charge is 0.340 e. The summed E-state index contributed by atoms with van der Waals surface area (Å²) >= 11 is 10.2. The molecule has 3 nitrogen and oxygen atoms in total. The number of benzene rings is 2. The third-order valence-electron chi connectivity index (χ3n) is 2.62. The van der Waals surface area contributed by atoms with Crippen molar-refractivity contribution in [2.24, 2.45) is 0 Å². The maximum absolute atomic E-state index is 13.5. The van der Waals surface area contributed by atoms with E-state index in [1.807, 2.05) is 0 Å². The van der Waals surface area contributed by atoms with Crippen LogP contribution in [-0.2, 0) is 0 Å². The third kappa shape index (κ3) is 3.51. The van der Waals surface area contributed by atoms with E-state index >= 15 is 0 Å². The van der Waals surface area contributed by atoms with E-state index in [0.29, 0.717) is 9.37 Å². The van der Waals surface area contributed by atoms with Gasteiger partial charge in [-0.2, -0.15) is 0 Å². The quantitative estimate of drug-likeness (QED) is 0.556. The van der Waals surface area contributed by atoms with Gasteiger partial charge in [-0.25, -0.2) is 9.18 Å². The number of halogens is 3. The molecule has 0 aliphatic heterocycles. The fraction of sp³-hybridized carbons (Fsp3) is 0.0714. The van der Waals surface area contributed by atoms with Crippen molar-refractivity contribution in [3.05, 3.63) is 51.2 Å². The summed E-state index contributed by atoms with van der Waals surface area (Å²) in [5.41, 5.74) is 0.0345. The summed E-state index contributed by atoms with van der Waals surface area (Å²) in [4.78, 5) is 12.0. The minimum atomic E-state index is -1.11. The van der Waals surface area contributed by atoms with Crippen LogP contribution in [0, 0.1) is 5.82 Å². The second kappa shape index (κ2) is 6.68. The van der Waals surface area contributed by atoms with Crippen LogP contribution in [0.4, 0.5) is 4.39 Å². The molecule has 0 spiro atoms. The summed E-state index contributed by atoms with van der Waals surface area (Å²) in [5, 5.41) is 9.27. The minimum Gasteiger partial charge on any atom is -0.478 e. The number of hydrogen-bond acceptors (Lipinski definition) is 3. The van der Waals surface area contributed by atoms with Gasteiger partial charge in [-0.15, -0.1) is 11.8 Å². The zero-order valence-corrected chi connectivity index (χ0v) is 13.9. The van der Waals surface area contributed by atoms with Crippen LogP contribution in [0.2, 0.25) is 5.02 Å². The average Bonchev–Trinajstić information content (AvgIpc) is 2.44. The Morgan fingerprint density at radius 3 is 2.71 bits per heavy atom. The molecule has 0 unspecified atom stereocenters. The monoisotopic (exact) mass is 390 g/mol. The molecule has 110 valence electrons. The van der Waals surface area contributed by atoms with Gasteiger partial charge < -0.3 is 9.84 Å². The average molecular weight is 392 g/mol. The molecule has 2 aromatic carbocycles. The summed E-state index contributed by atoms with van der Waals surface area (Å²) in [6.45, 7) is 0. The van der Waals surface area contributed by atoms with Gasteiger partial charge >= 0.3 is 5.97 Å². The summed E-state index contributed by atoms with van der Waals surface area (Å²) < 4.78 is 19.5. The Bertz CT molecular complexity index is 709. The van der Waals surface area contributed by atoms with E-state index in [1.165, 1.54) is 23.9 Å². The molecule has 0 aliphatic carbocycles. The molecule has 0 radical (unpaired) electrons. The molecule has 0 saturated heterocycles. The molecule has 21 heavy (non-hydrogen) atoms. The van der Waals surface area contributed by atoms with Gasteiger partial charge in [-0.1, -0.05) is 17.7 Å². The SMILES string of the molecule is CSc1cccc(Oc2cc(F)c(Cl)cc2Br)c1C(=O)O. The number of ether oxygens (including phenoxy) is 1. The number of rotatable bonds is 4. The fourth-order valence-corrected chi connectivity index (χ4v) is 3.00. The minimum absolute atomic E-state index is 0.0345. The molecule has 7 heteroatoms. The normalized spacial score (nSPS) is 10.5. The van der Waals surface area contributed by atoms with Gasteiger partial charge in [0, 0.05) is 11.0 Å². The Balaban J connectivity index is 2.49. The lowest BCUT2D eigenvalue weighted by Gasteiger charge is -2.13. The van der Waals surface area contributed by atoms with Crippen molar-refractivity contribution in [2.45, 2.75) is 4.90 Å². The van der Waals surface area contributed by atoms with E-state index in [4.69, 9.17) is 16.3 Å². The predicted molar refractivity (Wildman–Crippen MR) is 84.4 cm³/mol. The third-order valence-corrected chi connectivity index (χ3v) is 4.31. The number of carboxylic acid groups (broad SMARTS) is 1. The van der Waals surface area contributed by atoms with Crippen molar-refractivity contribution in [3.8, 4) is 11.5 Å². The van der Waals surface area contributed by atoms with Crippen LogP contribution < -0.4 is 4.74 Å². The summed E-state index contributed by atoms with van der Waals surface area (Å²) in [6.07, 6.45) is 1.77. The topological polar surface area (TPSA) is 46.5 Å². The van der Waals surface area contributed by atoms with Gasteiger partial charge in [0.1, 0.15) is 22.9 Å². The highest BCUT2D eigenvalue weighted by atomic mass is 79.9. The first kappa shape index (κ1) is 16.1. The predicted octanol–water partition coefficient (Wildman–Crippen LogP) is 5.45. The number of aromatic carboxylic acids is 1. The molecule has 0 heterocycles. The van der Waals surface area contributed by atoms with E-state index in [9.17, 15) is 14.3 Å². The van der Waals surface area contributed by atoms with Crippen molar-refractivity contribution < 1.29 is 19.0 Å². The molecule has 2 aromatic rings. The Hall–Kier alpha value is -1.24. The maximum atomic E-state index is 13.5. The summed E-state index contributed by atoms with van der Waals surface area (Å²) in [7, 11) is 0. The van der Waals surface area contributed by atoms with Crippen molar-refractivity contribution in [1.82, 2.24) is 0 Å². The standard InChI is InChI=1S/C14H9BrClFO3S/c1-21-12-4-2-3-10(13(12)14(18)19)20-11-6-9(17)8(16)5-7(11)15/h2-6H,1H3,(H,18,19). The maximum Gasteiger partial charge on any atom is 0.340 e.